The van der Waals surface area contributed by atoms with Gasteiger partial charge in [-0.2, -0.15) is 5.10 Å². The number of amides is 1. The Bertz CT molecular complexity index is 535. The molecule has 2 heterocycles. The van der Waals surface area contributed by atoms with Crippen LogP contribution < -0.4 is 5.32 Å². The average Bonchev–Trinajstić information content (AvgIpc) is 2.59. The van der Waals surface area contributed by atoms with Crippen LogP contribution in [0.15, 0.2) is 18.5 Å². The van der Waals surface area contributed by atoms with E-state index < -0.39 is 0 Å². The Morgan fingerprint density at radius 1 is 1.56 bits per heavy atom. The molecule has 0 aliphatic heterocycles. The number of aromatic nitrogens is 3. The molecule has 5 nitrogen and oxygen atoms in total. The van der Waals surface area contributed by atoms with Crippen molar-refractivity contribution in [1.82, 2.24) is 19.9 Å². The summed E-state index contributed by atoms with van der Waals surface area (Å²) in [5, 5.41) is 7.14. The van der Waals surface area contributed by atoms with Crippen molar-refractivity contribution in [2.75, 3.05) is 0 Å². The molecule has 0 atom stereocenters. The predicted octanol–water partition coefficient (Wildman–Crippen LogP) is 1.52. The summed E-state index contributed by atoms with van der Waals surface area (Å²) in [6, 6.07) is 1.69. The lowest BCUT2D eigenvalue weighted by molar-refractivity contribution is 0.0944. The maximum atomic E-state index is 11.8. The minimum Gasteiger partial charge on any atom is -0.350 e. The number of carbonyl (C=O) groups is 1. The third kappa shape index (κ3) is 1.99. The predicted molar refractivity (Wildman–Crippen MR) is 60.6 cm³/mol. The summed E-state index contributed by atoms with van der Waals surface area (Å²) in [5.74, 6) is -0.195. The van der Waals surface area contributed by atoms with Crippen LogP contribution in [0.1, 0.15) is 24.2 Å². The second kappa shape index (κ2) is 4.09. The van der Waals surface area contributed by atoms with Crippen molar-refractivity contribution >= 4 is 23.2 Å². The molecule has 0 saturated carbocycles. The van der Waals surface area contributed by atoms with E-state index in [1.54, 1.807) is 12.3 Å². The largest absolute Gasteiger partial charge is 0.350 e. The summed E-state index contributed by atoms with van der Waals surface area (Å²) in [5.41, 5.74) is 0.891. The van der Waals surface area contributed by atoms with Crippen LogP contribution in [0.25, 0.3) is 5.65 Å². The van der Waals surface area contributed by atoms with Crippen LogP contribution in [0.4, 0.5) is 0 Å². The smallest absolute Gasteiger partial charge is 0.256 e. The molecule has 16 heavy (non-hydrogen) atoms. The van der Waals surface area contributed by atoms with Crippen molar-refractivity contribution in [3.8, 4) is 0 Å². The zero-order valence-electron chi connectivity index (χ0n) is 8.94. The molecule has 0 aliphatic carbocycles. The molecule has 0 fully saturated rings. The molecule has 84 valence electrons. The first-order valence-corrected chi connectivity index (χ1v) is 5.26. The maximum Gasteiger partial charge on any atom is 0.256 e. The minimum atomic E-state index is -0.195. The third-order valence-electron chi connectivity index (χ3n) is 2.00. The van der Waals surface area contributed by atoms with Crippen molar-refractivity contribution in [3.05, 3.63) is 29.2 Å². The highest BCUT2D eigenvalue weighted by Gasteiger charge is 2.14. The number of nitrogens with zero attached hydrogens (tertiary/aromatic N) is 3. The molecule has 2 rings (SSSR count). The minimum absolute atomic E-state index is 0.0710. The fourth-order valence-corrected chi connectivity index (χ4v) is 1.48. The molecule has 0 spiro atoms. The Balaban J connectivity index is 2.44. The topological polar surface area (TPSA) is 59.3 Å². The van der Waals surface area contributed by atoms with Gasteiger partial charge in [0, 0.05) is 12.2 Å². The fourth-order valence-electron chi connectivity index (χ4n) is 1.35. The van der Waals surface area contributed by atoms with Gasteiger partial charge in [0.1, 0.15) is 10.7 Å². The van der Waals surface area contributed by atoms with Crippen LogP contribution >= 0.6 is 11.6 Å². The standard InChI is InChI=1S/C10H11ClN4O/c1-6(2)13-10(16)7-5-12-15-4-3-8(11)14-9(7)15/h3-6H,1-2H3,(H,13,16). The van der Waals surface area contributed by atoms with Gasteiger partial charge >= 0.3 is 0 Å². The van der Waals surface area contributed by atoms with Gasteiger partial charge < -0.3 is 5.32 Å². The maximum absolute atomic E-state index is 11.8. The van der Waals surface area contributed by atoms with Crippen molar-refractivity contribution in [2.24, 2.45) is 0 Å². The lowest BCUT2D eigenvalue weighted by atomic mass is 10.3. The SMILES string of the molecule is CC(C)NC(=O)c1cnn2ccc(Cl)nc12. The van der Waals surface area contributed by atoms with Gasteiger partial charge in [0.2, 0.25) is 0 Å². The van der Waals surface area contributed by atoms with Crippen molar-refractivity contribution < 1.29 is 4.79 Å². The quantitative estimate of drug-likeness (QED) is 0.807. The number of carbonyl (C=O) groups excluding carboxylic acids is 1. The molecule has 1 N–H and O–H groups in total. The van der Waals surface area contributed by atoms with E-state index in [1.807, 2.05) is 13.8 Å². The van der Waals surface area contributed by atoms with Gasteiger partial charge in [-0.1, -0.05) is 11.6 Å². The fraction of sp³-hybridized carbons (Fsp3) is 0.300. The zero-order valence-corrected chi connectivity index (χ0v) is 9.69. The number of fused-ring (bicyclic) bond motifs is 1. The van der Waals surface area contributed by atoms with E-state index in [9.17, 15) is 4.79 Å². The normalized spacial score (nSPS) is 11.0. The molecule has 0 aromatic carbocycles. The van der Waals surface area contributed by atoms with Crippen LogP contribution in [0.2, 0.25) is 5.15 Å². The molecule has 2 aromatic heterocycles. The van der Waals surface area contributed by atoms with E-state index in [1.165, 1.54) is 10.7 Å². The van der Waals surface area contributed by atoms with Gasteiger partial charge in [-0.15, -0.1) is 0 Å². The Hall–Kier alpha value is -1.62. The highest BCUT2D eigenvalue weighted by atomic mass is 35.5. The lowest BCUT2D eigenvalue weighted by Crippen LogP contribution is -2.30. The Kier molecular flexibility index (Phi) is 2.78. The van der Waals surface area contributed by atoms with Gasteiger partial charge in [0.25, 0.3) is 5.91 Å². The summed E-state index contributed by atoms with van der Waals surface area (Å²) in [6.07, 6.45) is 3.15. The average molecular weight is 239 g/mol. The van der Waals surface area contributed by atoms with Gasteiger partial charge in [-0.05, 0) is 19.9 Å². The lowest BCUT2D eigenvalue weighted by Gasteiger charge is -2.06. The van der Waals surface area contributed by atoms with Crippen molar-refractivity contribution in [1.29, 1.82) is 0 Å². The van der Waals surface area contributed by atoms with E-state index in [2.05, 4.69) is 15.4 Å². The molecule has 1 amide bonds. The Morgan fingerprint density at radius 3 is 3.00 bits per heavy atom. The third-order valence-corrected chi connectivity index (χ3v) is 2.21. The van der Waals surface area contributed by atoms with Crippen molar-refractivity contribution in [2.45, 2.75) is 19.9 Å². The van der Waals surface area contributed by atoms with Gasteiger partial charge in [-0.25, -0.2) is 9.50 Å². The van der Waals surface area contributed by atoms with Crippen LogP contribution in [0.5, 0.6) is 0 Å². The van der Waals surface area contributed by atoms with Crippen LogP contribution in [-0.4, -0.2) is 26.5 Å². The number of hydrogen-bond acceptors (Lipinski definition) is 3. The molecule has 2 aromatic rings. The Labute approximate surface area is 97.4 Å². The first-order valence-electron chi connectivity index (χ1n) is 4.88. The zero-order chi connectivity index (χ0) is 11.7. The van der Waals surface area contributed by atoms with Crippen LogP contribution in [0, 0.1) is 0 Å². The highest BCUT2D eigenvalue weighted by molar-refractivity contribution is 6.29. The van der Waals surface area contributed by atoms with E-state index in [0.717, 1.165) is 0 Å². The summed E-state index contributed by atoms with van der Waals surface area (Å²) in [6.45, 7) is 3.79. The van der Waals surface area contributed by atoms with E-state index in [4.69, 9.17) is 11.6 Å². The molecule has 0 radical (unpaired) electrons. The number of rotatable bonds is 2. The summed E-state index contributed by atoms with van der Waals surface area (Å²) in [7, 11) is 0. The van der Waals surface area contributed by atoms with Gasteiger partial charge in [0.15, 0.2) is 5.65 Å². The molecule has 6 heteroatoms. The van der Waals surface area contributed by atoms with E-state index >= 15 is 0 Å². The van der Waals surface area contributed by atoms with Crippen LogP contribution in [0.3, 0.4) is 0 Å². The number of hydrogen-bond donors (Lipinski definition) is 1. The molecular formula is C10H11ClN4O. The van der Waals surface area contributed by atoms with Crippen LogP contribution in [-0.2, 0) is 0 Å². The number of halogens is 1. The Morgan fingerprint density at radius 2 is 2.31 bits per heavy atom. The van der Waals surface area contributed by atoms with E-state index in [0.29, 0.717) is 16.4 Å². The molecule has 0 bridgehead atoms. The summed E-state index contributed by atoms with van der Waals surface area (Å²) < 4.78 is 1.52. The van der Waals surface area contributed by atoms with E-state index in [-0.39, 0.29) is 11.9 Å². The summed E-state index contributed by atoms with van der Waals surface area (Å²) in [4.78, 5) is 15.9. The molecule has 0 aliphatic rings. The van der Waals surface area contributed by atoms with Gasteiger partial charge in [-0.3, -0.25) is 4.79 Å². The highest BCUT2D eigenvalue weighted by Crippen LogP contribution is 2.11. The second-order valence-corrected chi connectivity index (χ2v) is 4.09. The monoisotopic (exact) mass is 238 g/mol. The molecular weight excluding hydrogens is 228 g/mol. The second-order valence-electron chi connectivity index (χ2n) is 3.70. The summed E-state index contributed by atoms with van der Waals surface area (Å²) >= 11 is 5.77. The van der Waals surface area contributed by atoms with Crippen molar-refractivity contribution in [3.63, 3.8) is 0 Å². The first kappa shape index (κ1) is 10.9. The molecule has 0 saturated heterocycles. The number of nitrogens with one attached hydrogen (secondary N) is 1. The van der Waals surface area contributed by atoms with Gasteiger partial charge in [0.05, 0.1) is 6.20 Å². The first-order chi connectivity index (χ1) is 7.58. The molecule has 0 unspecified atom stereocenters.